The van der Waals surface area contributed by atoms with Gasteiger partial charge in [-0.3, -0.25) is 4.79 Å². The highest BCUT2D eigenvalue weighted by atomic mass is 32.2. The van der Waals surface area contributed by atoms with Crippen LogP contribution in [0.1, 0.15) is 117 Å². The van der Waals surface area contributed by atoms with Crippen LogP contribution in [0, 0.1) is 0 Å². The molecule has 1 amide bonds. The highest BCUT2D eigenvalue weighted by Gasteiger charge is 2.46. The largest absolute Gasteiger partial charge is 0.331 e. The van der Waals surface area contributed by atoms with Gasteiger partial charge in [0.1, 0.15) is 11.6 Å². The van der Waals surface area contributed by atoms with Crippen LogP contribution in [0.3, 0.4) is 0 Å². The smallest absolute Gasteiger partial charge is 0.254 e. The van der Waals surface area contributed by atoms with E-state index in [2.05, 4.69) is 39.6 Å². The first kappa shape index (κ1) is 27.1. The van der Waals surface area contributed by atoms with Crippen LogP contribution in [0.25, 0.3) is 22.2 Å². The van der Waals surface area contributed by atoms with Crippen LogP contribution in [-0.4, -0.2) is 46.3 Å². The normalized spacial score (nSPS) is 23.3. The van der Waals surface area contributed by atoms with Gasteiger partial charge in [-0.15, -0.1) is 0 Å². The number of fused-ring (bicyclic) bond motifs is 9. The third-order valence-electron chi connectivity index (χ3n) is 10.00. The second-order valence-electron chi connectivity index (χ2n) is 13.9. The summed E-state index contributed by atoms with van der Waals surface area (Å²) in [4.78, 5) is 30.3. The first-order valence-corrected chi connectivity index (χ1v) is 16.7. The van der Waals surface area contributed by atoms with Crippen LogP contribution in [-0.2, 0) is 16.5 Å². The molecule has 4 aliphatic rings. The lowest BCUT2D eigenvalue weighted by atomic mass is 9.91. The summed E-state index contributed by atoms with van der Waals surface area (Å²) < 4.78 is 18.5. The summed E-state index contributed by atoms with van der Waals surface area (Å²) in [5.41, 5.74) is 6.91. The van der Waals surface area contributed by atoms with Gasteiger partial charge in [0, 0.05) is 37.0 Å². The fourth-order valence-corrected chi connectivity index (χ4v) is 8.44. The standard InChI is InChI=1S/C34H38N6O2S/c1-33(2,3)43(42)38-34(14-5-6-15-34)32-35-18-22(19-36-32)21-12-13-25-26(16-21)40-27-17-28(30(40)37-25)39(4)31(41)24-9-7-8-23(29(24)27)20-10-11-20/h7-9,12-13,16,18-20,27-28,38H,5-6,10-11,14-15,17H2,1-4H3/t27-,28-,43?/m1/s1. The van der Waals surface area contributed by atoms with Crippen LogP contribution in [0.15, 0.2) is 48.8 Å². The fraction of sp³-hybridized carbons (Fsp3) is 0.471. The molecule has 1 unspecified atom stereocenters. The van der Waals surface area contributed by atoms with Crippen molar-refractivity contribution in [3.05, 3.63) is 77.1 Å². The molecule has 2 aromatic heterocycles. The topological polar surface area (TPSA) is 93.0 Å². The minimum absolute atomic E-state index is 0.0517. The molecule has 2 bridgehead atoms. The summed E-state index contributed by atoms with van der Waals surface area (Å²) in [5.74, 6) is 2.34. The van der Waals surface area contributed by atoms with E-state index in [0.717, 1.165) is 71.5 Å². The molecular formula is C34H38N6O2S. The lowest BCUT2D eigenvalue weighted by Gasteiger charge is -2.31. The summed E-state index contributed by atoms with van der Waals surface area (Å²) in [6.07, 6.45) is 10.9. The predicted molar refractivity (Wildman–Crippen MR) is 168 cm³/mol. The number of hydrogen-bond acceptors (Lipinski definition) is 5. The van der Waals surface area contributed by atoms with Gasteiger partial charge in [0.2, 0.25) is 0 Å². The predicted octanol–water partition coefficient (Wildman–Crippen LogP) is 6.31. The molecule has 222 valence electrons. The number of benzene rings is 2. The zero-order valence-electron chi connectivity index (χ0n) is 25.3. The van der Waals surface area contributed by atoms with Crippen molar-refractivity contribution in [2.45, 2.75) is 94.0 Å². The van der Waals surface area contributed by atoms with Crippen LogP contribution in [0.2, 0.25) is 0 Å². The number of aromatic nitrogens is 4. The van der Waals surface area contributed by atoms with Gasteiger partial charge in [-0.2, -0.15) is 0 Å². The second-order valence-corrected chi connectivity index (χ2v) is 15.8. The van der Waals surface area contributed by atoms with Crippen molar-refractivity contribution in [2.24, 2.45) is 0 Å². The Kier molecular flexibility index (Phi) is 6.02. The third-order valence-corrected chi connectivity index (χ3v) is 11.7. The van der Waals surface area contributed by atoms with Crippen LogP contribution >= 0.6 is 0 Å². The Morgan fingerprint density at radius 2 is 1.74 bits per heavy atom. The average Bonchev–Trinajstić information content (AvgIpc) is 3.49. The van der Waals surface area contributed by atoms with E-state index in [4.69, 9.17) is 15.0 Å². The first-order chi connectivity index (χ1) is 20.6. The molecule has 2 aliphatic heterocycles. The molecule has 0 spiro atoms. The van der Waals surface area contributed by atoms with Gasteiger partial charge in [-0.1, -0.05) is 31.0 Å². The average molecular weight is 595 g/mol. The highest BCUT2D eigenvalue weighted by Crippen LogP contribution is 2.52. The summed E-state index contributed by atoms with van der Waals surface area (Å²) in [6, 6.07) is 12.7. The van der Waals surface area contributed by atoms with Crippen molar-refractivity contribution in [3.63, 3.8) is 0 Å². The lowest BCUT2D eigenvalue weighted by Crippen LogP contribution is -2.47. The van der Waals surface area contributed by atoms with Crippen molar-refractivity contribution in [2.75, 3.05) is 7.05 Å². The van der Waals surface area contributed by atoms with E-state index >= 15 is 0 Å². The Hall–Kier alpha value is -3.43. The molecule has 2 saturated carbocycles. The Bertz CT molecular complexity index is 1800. The van der Waals surface area contributed by atoms with Gasteiger partial charge < -0.3 is 9.47 Å². The SMILES string of the molecule is CN1C(=O)c2cccc(C3CC3)c2[C@H]2C[C@@H]1c1nc3ccc(-c4cnc(C5(NS(=O)C(C)(C)C)CCCC5)nc4)cc3n12. The number of hydrogen-bond donors (Lipinski definition) is 1. The Labute approximate surface area is 254 Å². The molecule has 43 heavy (non-hydrogen) atoms. The van der Waals surface area contributed by atoms with E-state index in [-0.39, 0.29) is 22.7 Å². The van der Waals surface area contributed by atoms with Crippen LogP contribution in [0.5, 0.6) is 0 Å². The summed E-state index contributed by atoms with van der Waals surface area (Å²) in [7, 11) is 0.713. The number of amides is 1. The molecule has 2 aromatic carbocycles. The maximum Gasteiger partial charge on any atom is 0.254 e. The third kappa shape index (κ3) is 4.22. The molecule has 0 saturated heterocycles. The minimum atomic E-state index is -1.21. The van der Waals surface area contributed by atoms with Crippen molar-refractivity contribution in [1.82, 2.24) is 29.1 Å². The van der Waals surface area contributed by atoms with E-state index in [9.17, 15) is 9.00 Å². The quantitative estimate of drug-likeness (QED) is 0.292. The van der Waals surface area contributed by atoms with Gasteiger partial charge in [0.15, 0.2) is 0 Å². The van der Waals surface area contributed by atoms with Crippen LogP contribution < -0.4 is 4.72 Å². The molecule has 9 heteroatoms. The van der Waals surface area contributed by atoms with E-state index in [1.54, 1.807) is 0 Å². The lowest BCUT2D eigenvalue weighted by molar-refractivity contribution is 0.0734. The number of nitrogens with one attached hydrogen (secondary N) is 1. The van der Waals surface area contributed by atoms with Gasteiger partial charge in [-0.05, 0) is 87.3 Å². The van der Waals surface area contributed by atoms with Gasteiger partial charge in [-0.25, -0.2) is 23.9 Å². The number of nitrogens with zero attached hydrogens (tertiary/aromatic N) is 5. The second kappa shape index (κ2) is 9.53. The fourth-order valence-electron chi connectivity index (χ4n) is 7.48. The molecule has 1 N–H and O–H groups in total. The number of imidazole rings is 1. The molecule has 2 fully saturated rings. The van der Waals surface area contributed by atoms with Crippen molar-refractivity contribution in [1.29, 1.82) is 0 Å². The van der Waals surface area contributed by atoms with E-state index in [1.165, 1.54) is 24.0 Å². The summed E-state index contributed by atoms with van der Waals surface area (Å²) >= 11 is 0. The molecule has 2 aliphatic carbocycles. The number of rotatable bonds is 5. The van der Waals surface area contributed by atoms with Crippen molar-refractivity contribution < 1.29 is 9.00 Å². The van der Waals surface area contributed by atoms with E-state index < -0.39 is 16.5 Å². The van der Waals surface area contributed by atoms with Gasteiger partial charge in [0.25, 0.3) is 5.91 Å². The maximum absolute atomic E-state index is 13.6. The molecule has 4 heterocycles. The summed E-state index contributed by atoms with van der Waals surface area (Å²) in [5, 5.41) is 0. The Morgan fingerprint density at radius 1 is 1.00 bits per heavy atom. The molecule has 8 nitrogen and oxygen atoms in total. The minimum Gasteiger partial charge on any atom is -0.331 e. The molecule has 4 aromatic rings. The van der Waals surface area contributed by atoms with Crippen LogP contribution in [0.4, 0.5) is 0 Å². The zero-order chi connectivity index (χ0) is 29.7. The number of carbonyl (C=O) groups excluding carboxylic acids is 1. The highest BCUT2D eigenvalue weighted by molar-refractivity contribution is 7.84. The molecular weight excluding hydrogens is 556 g/mol. The first-order valence-electron chi connectivity index (χ1n) is 15.6. The Morgan fingerprint density at radius 3 is 2.44 bits per heavy atom. The molecule has 3 atom stereocenters. The zero-order valence-corrected chi connectivity index (χ0v) is 26.1. The summed E-state index contributed by atoms with van der Waals surface area (Å²) in [6.45, 7) is 5.97. The van der Waals surface area contributed by atoms with Crippen molar-refractivity contribution >= 4 is 27.9 Å². The van der Waals surface area contributed by atoms with E-state index in [1.807, 2.05) is 51.2 Å². The number of carbonyl (C=O) groups is 1. The molecule has 0 radical (unpaired) electrons. The Balaban J connectivity index is 1.19. The monoisotopic (exact) mass is 594 g/mol. The maximum atomic E-state index is 13.6. The molecule has 8 rings (SSSR count). The van der Waals surface area contributed by atoms with Gasteiger partial charge >= 0.3 is 0 Å². The van der Waals surface area contributed by atoms with E-state index in [0.29, 0.717) is 5.92 Å². The van der Waals surface area contributed by atoms with Gasteiger partial charge in [0.05, 0.1) is 44.4 Å². The van der Waals surface area contributed by atoms with Crippen molar-refractivity contribution in [3.8, 4) is 11.1 Å².